The van der Waals surface area contributed by atoms with Gasteiger partial charge in [-0.2, -0.15) is 0 Å². The van der Waals surface area contributed by atoms with E-state index in [4.69, 9.17) is 11.6 Å². The van der Waals surface area contributed by atoms with E-state index in [1.807, 2.05) is 0 Å². The lowest BCUT2D eigenvalue weighted by Crippen LogP contribution is -2.29. The van der Waals surface area contributed by atoms with E-state index in [1.54, 1.807) is 36.4 Å². The molecule has 0 radical (unpaired) electrons. The second kappa shape index (κ2) is 5.01. The van der Waals surface area contributed by atoms with Gasteiger partial charge in [-0.1, -0.05) is 24.3 Å². The Kier molecular flexibility index (Phi) is 3.44. The lowest BCUT2D eigenvalue weighted by Gasteiger charge is -2.03. The summed E-state index contributed by atoms with van der Waals surface area (Å²) in [6.45, 7) is 0.311. The predicted molar refractivity (Wildman–Crippen MR) is 68.7 cm³/mol. The molecule has 0 unspecified atom stereocenters. The minimum Gasteiger partial charge on any atom is -0.267 e. The molecule has 1 aromatic carbocycles. The number of fused-ring (bicyclic) bond motifs is 1. The van der Waals surface area contributed by atoms with E-state index in [0.717, 1.165) is 0 Å². The fourth-order valence-electron chi connectivity index (χ4n) is 1.62. The minimum atomic E-state index is -0.264. The summed E-state index contributed by atoms with van der Waals surface area (Å²) >= 11 is 5.49. The van der Waals surface area contributed by atoms with Crippen LogP contribution in [0.4, 0.5) is 0 Å². The van der Waals surface area contributed by atoms with Crippen LogP contribution in [0.1, 0.15) is 0 Å². The fraction of sp³-hybridized carbons (Fsp3) is 0.167. The van der Waals surface area contributed by atoms with Crippen LogP contribution in [0.15, 0.2) is 46.0 Å². The number of nitrogens with one attached hydrogen (secondary N) is 1. The highest BCUT2D eigenvalue weighted by atomic mass is 35.5. The van der Waals surface area contributed by atoms with Crippen LogP contribution in [0.25, 0.3) is 10.8 Å². The third kappa shape index (κ3) is 2.31. The monoisotopic (exact) mass is 250 g/mol. The summed E-state index contributed by atoms with van der Waals surface area (Å²) in [5, 5.41) is 3.37. The van der Waals surface area contributed by atoms with Crippen LogP contribution in [0.5, 0.6) is 0 Å². The normalized spacial score (nSPS) is 11.4. The maximum Gasteiger partial charge on any atom is 0.273 e. The van der Waals surface area contributed by atoms with Gasteiger partial charge in [-0.15, -0.1) is 11.6 Å². The Bertz CT molecular complexity index is 670. The summed E-state index contributed by atoms with van der Waals surface area (Å²) in [4.78, 5) is 23.7. The maximum atomic E-state index is 12.0. The van der Waals surface area contributed by atoms with E-state index in [0.29, 0.717) is 23.2 Å². The van der Waals surface area contributed by atoms with E-state index >= 15 is 0 Å². The van der Waals surface area contributed by atoms with Gasteiger partial charge < -0.3 is 0 Å². The highest BCUT2D eigenvalue weighted by Gasteiger charge is 2.04. The van der Waals surface area contributed by atoms with Gasteiger partial charge in [-0.25, -0.2) is 4.68 Å². The van der Waals surface area contributed by atoms with Gasteiger partial charge in [0, 0.05) is 5.88 Å². The molecule has 0 aliphatic heterocycles. The molecule has 4 nitrogen and oxygen atoms in total. The van der Waals surface area contributed by atoms with Crippen molar-refractivity contribution in [3.05, 3.63) is 57.1 Å². The van der Waals surface area contributed by atoms with Gasteiger partial charge in [-0.3, -0.25) is 14.7 Å². The molecular weight excluding hydrogens is 240 g/mol. The first-order chi connectivity index (χ1) is 8.24. The Hall–Kier alpha value is -1.81. The second-order valence-corrected chi connectivity index (χ2v) is 3.84. The summed E-state index contributed by atoms with van der Waals surface area (Å²) in [5.74, 6) is 0.382. The highest BCUT2D eigenvalue weighted by molar-refractivity contribution is 6.18. The lowest BCUT2D eigenvalue weighted by atomic mass is 10.2. The SMILES string of the molecule is O=c1[nH]n(CC=CCCl)c(=O)c2ccccc12. The van der Waals surface area contributed by atoms with Gasteiger partial charge in [-0.05, 0) is 12.1 Å². The number of nitrogens with zero attached hydrogens (tertiary/aromatic N) is 1. The van der Waals surface area contributed by atoms with Crippen molar-refractivity contribution in [3.8, 4) is 0 Å². The molecule has 5 heteroatoms. The number of benzene rings is 1. The average Bonchev–Trinajstić information content (AvgIpc) is 2.36. The first-order valence-electron chi connectivity index (χ1n) is 5.17. The van der Waals surface area contributed by atoms with E-state index in [-0.39, 0.29) is 11.1 Å². The first kappa shape index (κ1) is 11.7. The van der Waals surface area contributed by atoms with Crippen LogP contribution in [0, 0.1) is 0 Å². The van der Waals surface area contributed by atoms with Crippen molar-refractivity contribution in [1.82, 2.24) is 9.78 Å². The number of alkyl halides is 1. The Labute approximate surface area is 102 Å². The summed E-state index contributed by atoms with van der Waals surface area (Å²) in [5.41, 5.74) is -0.473. The summed E-state index contributed by atoms with van der Waals surface area (Å²) < 4.78 is 1.27. The number of rotatable bonds is 3. The number of aromatic nitrogens is 2. The van der Waals surface area contributed by atoms with Crippen LogP contribution in [0.2, 0.25) is 0 Å². The van der Waals surface area contributed by atoms with E-state index in [1.165, 1.54) is 4.68 Å². The average molecular weight is 251 g/mol. The van der Waals surface area contributed by atoms with Crippen LogP contribution >= 0.6 is 11.6 Å². The zero-order valence-corrected chi connectivity index (χ0v) is 9.78. The van der Waals surface area contributed by atoms with E-state index < -0.39 is 0 Å². The largest absolute Gasteiger partial charge is 0.273 e. The Balaban J connectivity index is 2.59. The van der Waals surface area contributed by atoms with Crippen LogP contribution in [0.3, 0.4) is 0 Å². The van der Waals surface area contributed by atoms with Gasteiger partial charge >= 0.3 is 0 Å². The number of halogens is 1. The summed E-state index contributed by atoms with van der Waals surface area (Å²) in [6.07, 6.45) is 3.46. The Morgan fingerprint density at radius 2 is 1.88 bits per heavy atom. The molecule has 17 heavy (non-hydrogen) atoms. The van der Waals surface area contributed by atoms with Crippen LogP contribution in [-0.4, -0.2) is 15.7 Å². The second-order valence-electron chi connectivity index (χ2n) is 3.53. The minimum absolute atomic E-state index is 0.209. The number of allylic oxidation sites excluding steroid dienone is 2. The van der Waals surface area contributed by atoms with Gasteiger partial charge in [0.25, 0.3) is 11.1 Å². The quantitative estimate of drug-likeness (QED) is 0.663. The molecule has 2 rings (SSSR count). The van der Waals surface area contributed by atoms with Gasteiger partial charge in [0.05, 0.1) is 17.3 Å². The molecule has 0 fully saturated rings. The Morgan fingerprint density at radius 3 is 2.59 bits per heavy atom. The molecule has 1 aromatic heterocycles. The molecule has 0 aliphatic rings. The number of H-pyrrole nitrogens is 1. The molecule has 0 aliphatic carbocycles. The van der Waals surface area contributed by atoms with Gasteiger partial charge in [0.2, 0.25) is 0 Å². The van der Waals surface area contributed by atoms with Gasteiger partial charge in [0.1, 0.15) is 0 Å². The smallest absolute Gasteiger partial charge is 0.267 e. The van der Waals surface area contributed by atoms with Crippen molar-refractivity contribution in [2.24, 2.45) is 0 Å². The van der Waals surface area contributed by atoms with Crippen molar-refractivity contribution in [2.75, 3.05) is 5.88 Å². The zero-order chi connectivity index (χ0) is 12.3. The Morgan fingerprint density at radius 1 is 1.18 bits per heavy atom. The topological polar surface area (TPSA) is 54.9 Å². The van der Waals surface area contributed by atoms with Crippen molar-refractivity contribution in [1.29, 1.82) is 0 Å². The molecule has 0 saturated carbocycles. The number of hydrogen-bond donors (Lipinski definition) is 1. The zero-order valence-electron chi connectivity index (χ0n) is 9.02. The number of aromatic amines is 1. The summed E-state index contributed by atoms with van der Waals surface area (Å²) in [6, 6.07) is 6.75. The molecule has 2 aromatic rings. The van der Waals surface area contributed by atoms with Crippen molar-refractivity contribution in [2.45, 2.75) is 6.54 Å². The van der Waals surface area contributed by atoms with E-state index in [2.05, 4.69) is 5.10 Å². The van der Waals surface area contributed by atoms with Crippen molar-refractivity contribution >= 4 is 22.4 Å². The number of hydrogen-bond acceptors (Lipinski definition) is 2. The molecular formula is C12H11ClN2O2. The fourth-order valence-corrected chi connectivity index (χ4v) is 1.74. The summed E-state index contributed by atoms with van der Waals surface area (Å²) in [7, 11) is 0. The van der Waals surface area contributed by atoms with Gasteiger partial charge in [0.15, 0.2) is 0 Å². The van der Waals surface area contributed by atoms with E-state index in [9.17, 15) is 9.59 Å². The molecule has 0 spiro atoms. The molecule has 1 N–H and O–H groups in total. The molecule has 0 bridgehead atoms. The predicted octanol–water partition coefficient (Wildman–Crippen LogP) is 1.48. The van der Waals surface area contributed by atoms with Crippen LogP contribution in [-0.2, 0) is 6.54 Å². The third-order valence-electron chi connectivity index (χ3n) is 2.43. The third-order valence-corrected chi connectivity index (χ3v) is 2.61. The lowest BCUT2D eigenvalue weighted by molar-refractivity contribution is 0.648. The standard InChI is InChI=1S/C12H11ClN2O2/c13-7-3-4-8-15-12(17)10-6-2-1-5-9(10)11(16)14-15/h1-6H,7-8H2,(H,14,16). The molecule has 0 atom stereocenters. The van der Waals surface area contributed by atoms with Crippen LogP contribution < -0.4 is 11.1 Å². The maximum absolute atomic E-state index is 12.0. The highest BCUT2D eigenvalue weighted by Crippen LogP contribution is 2.02. The van der Waals surface area contributed by atoms with Crippen molar-refractivity contribution < 1.29 is 0 Å². The molecule has 1 heterocycles. The molecule has 88 valence electrons. The van der Waals surface area contributed by atoms with Crippen molar-refractivity contribution in [3.63, 3.8) is 0 Å². The first-order valence-corrected chi connectivity index (χ1v) is 5.70. The molecule has 0 amide bonds. The molecule has 0 saturated heterocycles.